The fourth-order valence-corrected chi connectivity index (χ4v) is 2.04. The van der Waals surface area contributed by atoms with Crippen LogP contribution in [0, 0.1) is 0 Å². The number of likely N-dealkylation sites (N-methyl/N-ethyl adjacent to an activating group) is 1. The Bertz CT molecular complexity index is 555. The summed E-state index contributed by atoms with van der Waals surface area (Å²) in [6, 6.07) is 5.24. The number of likely N-dealkylation sites (tertiary alicyclic amines) is 1. The lowest BCUT2D eigenvalue weighted by atomic mass is 9.97. The van der Waals surface area contributed by atoms with E-state index in [4.69, 9.17) is 5.11 Å². The second kappa shape index (κ2) is 4.72. The van der Waals surface area contributed by atoms with Crippen molar-refractivity contribution in [2.75, 3.05) is 7.05 Å². The second-order valence-electron chi connectivity index (χ2n) is 4.49. The standard InChI is InChI=1S/C13H14N2O4/c1-7-10(12(17)15(7)2)14-11(16)8-5-3-4-6-9(8)13(18)19/h3-7,10H,1-2H3,(H,14,16)(H,18,19). The van der Waals surface area contributed by atoms with E-state index in [1.54, 1.807) is 19.2 Å². The molecule has 2 N–H and O–H groups in total. The lowest BCUT2D eigenvalue weighted by molar-refractivity contribution is -0.146. The highest BCUT2D eigenvalue weighted by molar-refractivity contribution is 6.06. The Morgan fingerprint density at radius 3 is 2.37 bits per heavy atom. The van der Waals surface area contributed by atoms with Gasteiger partial charge in [0.2, 0.25) is 5.91 Å². The summed E-state index contributed by atoms with van der Waals surface area (Å²) in [5.74, 6) is -1.89. The highest BCUT2D eigenvalue weighted by atomic mass is 16.4. The van der Waals surface area contributed by atoms with Gasteiger partial charge in [-0.2, -0.15) is 0 Å². The molecule has 2 amide bonds. The number of rotatable bonds is 3. The molecule has 1 aromatic carbocycles. The van der Waals surface area contributed by atoms with Crippen LogP contribution in [0.3, 0.4) is 0 Å². The maximum Gasteiger partial charge on any atom is 0.336 e. The molecule has 0 aromatic heterocycles. The normalized spacial score (nSPS) is 21.8. The number of carbonyl (C=O) groups excluding carboxylic acids is 2. The molecule has 1 fully saturated rings. The molecule has 2 rings (SSSR count). The van der Waals surface area contributed by atoms with Crippen LogP contribution in [0.1, 0.15) is 27.6 Å². The van der Waals surface area contributed by atoms with Gasteiger partial charge in [-0.15, -0.1) is 0 Å². The average molecular weight is 262 g/mol. The molecule has 1 saturated heterocycles. The van der Waals surface area contributed by atoms with E-state index >= 15 is 0 Å². The number of carboxylic acid groups (broad SMARTS) is 1. The number of nitrogens with zero attached hydrogens (tertiary/aromatic N) is 1. The molecule has 0 bridgehead atoms. The molecule has 0 spiro atoms. The number of carboxylic acids is 1. The fourth-order valence-electron chi connectivity index (χ4n) is 2.04. The van der Waals surface area contributed by atoms with E-state index in [2.05, 4.69) is 5.32 Å². The minimum atomic E-state index is -1.17. The van der Waals surface area contributed by atoms with Crippen LogP contribution in [0.4, 0.5) is 0 Å². The Balaban J connectivity index is 2.18. The summed E-state index contributed by atoms with van der Waals surface area (Å²) in [6.45, 7) is 1.81. The molecule has 100 valence electrons. The Morgan fingerprint density at radius 1 is 1.26 bits per heavy atom. The van der Waals surface area contributed by atoms with Crippen LogP contribution in [-0.2, 0) is 4.79 Å². The maximum absolute atomic E-state index is 12.0. The monoisotopic (exact) mass is 262 g/mol. The van der Waals surface area contributed by atoms with Gasteiger partial charge in [-0.3, -0.25) is 9.59 Å². The van der Waals surface area contributed by atoms with Gasteiger partial charge in [0, 0.05) is 7.05 Å². The average Bonchev–Trinajstić information content (AvgIpc) is 2.43. The van der Waals surface area contributed by atoms with Gasteiger partial charge >= 0.3 is 5.97 Å². The van der Waals surface area contributed by atoms with Crippen molar-refractivity contribution in [1.82, 2.24) is 10.2 Å². The van der Waals surface area contributed by atoms with Crippen LogP contribution in [0.25, 0.3) is 0 Å². The van der Waals surface area contributed by atoms with Crippen molar-refractivity contribution in [3.05, 3.63) is 35.4 Å². The van der Waals surface area contributed by atoms with Crippen LogP contribution < -0.4 is 5.32 Å². The third kappa shape index (κ3) is 2.16. The predicted molar refractivity (Wildman–Crippen MR) is 66.9 cm³/mol. The zero-order chi connectivity index (χ0) is 14.2. The van der Waals surface area contributed by atoms with Crippen molar-refractivity contribution in [2.45, 2.75) is 19.0 Å². The zero-order valence-electron chi connectivity index (χ0n) is 10.6. The van der Waals surface area contributed by atoms with E-state index in [1.807, 2.05) is 6.92 Å². The number of hydrogen-bond donors (Lipinski definition) is 2. The topological polar surface area (TPSA) is 86.7 Å². The van der Waals surface area contributed by atoms with Crippen molar-refractivity contribution in [3.63, 3.8) is 0 Å². The number of nitrogens with one attached hydrogen (secondary N) is 1. The summed E-state index contributed by atoms with van der Waals surface area (Å²) in [5.41, 5.74) is -0.0164. The molecule has 1 aliphatic heterocycles. The van der Waals surface area contributed by atoms with Gasteiger partial charge in [0.05, 0.1) is 17.2 Å². The largest absolute Gasteiger partial charge is 0.478 e. The molecule has 1 heterocycles. The van der Waals surface area contributed by atoms with E-state index in [1.165, 1.54) is 17.0 Å². The first-order valence-electron chi connectivity index (χ1n) is 5.83. The molecule has 6 nitrogen and oxygen atoms in total. The van der Waals surface area contributed by atoms with Crippen molar-refractivity contribution in [3.8, 4) is 0 Å². The van der Waals surface area contributed by atoms with Crippen LogP contribution >= 0.6 is 0 Å². The predicted octanol–water partition coefficient (Wildman–Crippen LogP) is 0.344. The molecular formula is C13H14N2O4. The Labute approximate surface area is 110 Å². The first kappa shape index (κ1) is 13.1. The molecule has 0 saturated carbocycles. The Morgan fingerprint density at radius 2 is 1.84 bits per heavy atom. The Hall–Kier alpha value is -2.37. The van der Waals surface area contributed by atoms with Gasteiger partial charge in [-0.1, -0.05) is 12.1 Å². The van der Waals surface area contributed by atoms with Gasteiger partial charge in [-0.05, 0) is 19.1 Å². The van der Waals surface area contributed by atoms with Crippen LogP contribution in [0.15, 0.2) is 24.3 Å². The zero-order valence-corrected chi connectivity index (χ0v) is 10.6. The summed E-state index contributed by atoms with van der Waals surface area (Å²) in [7, 11) is 1.65. The second-order valence-corrected chi connectivity index (χ2v) is 4.49. The highest BCUT2D eigenvalue weighted by Gasteiger charge is 2.42. The first-order chi connectivity index (χ1) is 8.93. The fraction of sp³-hybridized carbons (Fsp3) is 0.308. The number of benzene rings is 1. The van der Waals surface area contributed by atoms with E-state index in [0.29, 0.717) is 0 Å². The number of β-lactam (4-membered cyclic amide) rings is 1. The van der Waals surface area contributed by atoms with E-state index in [0.717, 1.165) is 0 Å². The molecule has 0 aliphatic carbocycles. The summed E-state index contributed by atoms with van der Waals surface area (Å²) < 4.78 is 0. The Kier molecular flexibility index (Phi) is 3.25. The summed E-state index contributed by atoms with van der Waals surface area (Å²) >= 11 is 0. The minimum Gasteiger partial charge on any atom is -0.478 e. The minimum absolute atomic E-state index is 0.0598. The SMILES string of the molecule is CC1C(NC(=O)c2ccccc2C(=O)O)C(=O)N1C. The third-order valence-corrected chi connectivity index (χ3v) is 3.40. The number of aromatic carboxylic acids is 1. The van der Waals surface area contributed by atoms with Crippen molar-refractivity contribution < 1.29 is 19.5 Å². The van der Waals surface area contributed by atoms with E-state index in [-0.39, 0.29) is 23.1 Å². The number of amides is 2. The van der Waals surface area contributed by atoms with Gasteiger partial charge in [0.1, 0.15) is 6.04 Å². The summed E-state index contributed by atoms with van der Waals surface area (Å²) in [6.07, 6.45) is 0. The molecule has 2 atom stereocenters. The molecule has 1 aliphatic rings. The van der Waals surface area contributed by atoms with Gasteiger partial charge in [-0.25, -0.2) is 4.79 Å². The third-order valence-electron chi connectivity index (χ3n) is 3.40. The van der Waals surface area contributed by atoms with Crippen molar-refractivity contribution >= 4 is 17.8 Å². The maximum atomic E-state index is 12.0. The number of carbonyl (C=O) groups is 3. The highest BCUT2D eigenvalue weighted by Crippen LogP contribution is 2.18. The van der Waals surface area contributed by atoms with Crippen LogP contribution in [0.5, 0.6) is 0 Å². The van der Waals surface area contributed by atoms with Crippen LogP contribution in [0.2, 0.25) is 0 Å². The van der Waals surface area contributed by atoms with Gasteiger partial charge in [0.25, 0.3) is 5.91 Å². The lowest BCUT2D eigenvalue weighted by Gasteiger charge is -2.43. The van der Waals surface area contributed by atoms with E-state index in [9.17, 15) is 14.4 Å². The van der Waals surface area contributed by atoms with Crippen LogP contribution in [-0.4, -0.2) is 46.9 Å². The molecular weight excluding hydrogens is 248 g/mol. The first-order valence-corrected chi connectivity index (χ1v) is 5.83. The molecule has 2 unspecified atom stereocenters. The van der Waals surface area contributed by atoms with Crippen molar-refractivity contribution in [1.29, 1.82) is 0 Å². The van der Waals surface area contributed by atoms with Crippen molar-refractivity contribution in [2.24, 2.45) is 0 Å². The molecule has 0 radical (unpaired) electrons. The molecule has 6 heteroatoms. The molecule has 1 aromatic rings. The van der Waals surface area contributed by atoms with Gasteiger partial charge < -0.3 is 15.3 Å². The quantitative estimate of drug-likeness (QED) is 0.769. The summed E-state index contributed by atoms with van der Waals surface area (Å²) in [4.78, 5) is 36.1. The smallest absolute Gasteiger partial charge is 0.336 e. The van der Waals surface area contributed by atoms with Gasteiger partial charge in [0.15, 0.2) is 0 Å². The number of hydrogen-bond acceptors (Lipinski definition) is 3. The van der Waals surface area contributed by atoms with E-state index < -0.39 is 17.9 Å². The molecule has 19 heavy (non-hydrogen) atoms. The lowest BCUT2D eigenvalue weighted by Crippen LogP contribution is -2.68. The summed E-state index contributed by atoms with van der Waals surface area (Å²) in [5, 5.41) is 11.6.